The molecule has 0 fully saturated rings. The van der Waals surface area contributed by atoms with Crippen LogP contribution in [0.2, 0.25) is 10.0 Å². The Morgan fingerprint density at radius 1 is 1.23 bits per heavy atom. The summed E-state index contributed by atoms with van der Waals surface area (Å²) in [5.41, 5.74) is 4.72. The van der Waals surface area contributed by atoms with Crippen molar-refractivity contribution < 1.29 is 0 Å². The van der Waals surface area contributed by atoms with E-state index >= 15 is 0 Å². The minimum atomic E-state index is 0.187. The highest BCUT2D eigenvalue weighted by atomic mass is 35.5. The van der Waals surface area contributed by atoms with Gasteiger partial charge in [-0.05, 0) is 68.0 Å². The van der Waals surface area contributed by atoms with E-state index in [0.29, 0.717) is 21.7 Å². The number of hydrogen-bond donors (Lipinski definition) is 0. The van der Waals surface area contributed by atoms with E-state index in [1.807, 2.05) is 18.3 Å². The van der Waals surface area contributed by atoms with Crippen LogP contribution < -0.4 is 4.90 Å². The molecule has 1 heterocycles. The monoisotopic (exact) mass is 388 g/mol. The van der Waals surface area contributed by atoms with E-state index in [1.54, 1.807) is 6.07 Å². The van der Waals surface area contributed by atoms with E-state index in [1.165, 1.54) is 11.3 Å². The molecule has 0 radical (unpaired) electrons. The Morgan fingerprint density at radius 3 is 2.73 bits per heavy atom. The summed E-state index contributed by atoms with van der Waals surface area (Å²) in [6.45, 7) is 10.3. The van der Waals surface area contributed by atoms with Gasteiger partial charge >= 0.3 is 0 Å². The Hall–Kier alpha value is -1.51. The second-order valence-corrected chi connectivity index (χ2v) is 8.50. The standard InChI is InChI=1S/C22H26Cl2N2/c1-5-11-26-20-10-9-16(12-17(20)15(2)13-22(26,3)4)14-25-19-8-6-7-18(23)21(19)24/h6-10,12,14-15H,5,11,13H2,1-4H3. The lowest BCUT2D eigenvalue weighted by molar-refractivity contribution is 0.376. The maximum absolute atomic E-state index is 6.23. The predicted molar refractivity (Wildman–Crippen MR) is 115 cm³/mol. The summed E-state index contributed by atoms with van der Waals surface area (Å²) in [5, 5.41) is 1.02. The van der Waals surface area contributed by atoms with Gasteiger partial charge in [-0.3, -0.25) is 4.99 Å². The molecule has 26 heavy (non-hydrogen) atoms. The molecule has 1 atom stereocenters. The first-order valence-corrected chi connectivity index (χ1v) is 9.98. The Balaban J connectivity index is 1.94. The van der Waals surface area contributed by atoms with Gasteiger partial charge in [0.2, 0.25) is 0 Å². The quantitative estimate of drug-likeness (QED) is 0.503. The lowest BCUT2D eigenvalue weighted by Gasteiger charge is -2.47. The molecule has 2 aromatic carbocycles. The third kappa shape index (κ3) is 3.77. The Kier molecular flexibility index (Phi) is 5.64. The van der Waals surface area contributed by atoms with Gasteiger partial charge in [0.25, 0.3) is 0 Å². The fraction of sp³-hybridized carbons (Fsp3) is 0.409. The molecule has 1 unspecified atom stereocenters. The van der Waals surface area contributed by atoms with Gasteiger partial charge in [-0.2, -0.15) is 0 Å². The molecule has 4 heteroatoms. The number of halogens is 2. The second kappa shape index (κ2) is 7.62. The summed E-state index contributed by atoms with van der Waals surface area (Å²) in [4.78, 5) is 7.09. The van der Waals surface area contributed by atoms with Crippen molar-refractivity contribution in [2.75, 3.05) is 11.4 Å². The molecule has 3 rings (SSSR count). The largest absolute Gasteiger partial charge is 0.366 e. The maximum atomic E-state index is 6.23. The molecule has 1 aliphatic rings. The molecule has 0 saturated heterocycles. The first-order valence-electron chi connectivity index (χ1n) is 9.23. The molecular formula is C22H26Cl2N2. The van der Waals surface area contributed by atoms with Crippen LogP contribution in [0.3, 0.4) is 0 Å². The smallest absolute Gasteiger partial charge is 0.0848 e. The van der Waals surface area contributed by atoms with Crippen LogP contribution in [0.5, 0.6) is 0 Å². The number of hydrogen-bond acceptors (Lipinski definition) is 2. The second-order valence-electron chi connectivity index (χ2n) is 7.72. The predicted octanol–water partition coefficient (Wildman–Crippen LogP) is 7.25. The molecule has 2 nitrogen and oxygen atoms in total. The van der Waals surface area contributed by atoms with E-state index in [2.05, 4.69) is 55.8 Å². The fourth-order valence-electron chi connectivity index (χ4n) is 3.97. The van der Waals surface area contributed by atoms with Gasteiger partial charge in [-0.1, -0.05) is 49.2 Å². The van der Waals surface area contributed by atoms with Crippen molar-refractivity contribution in [1.29, 1.82) is 0 Å². The van der Waals surface area contributed by atoms with Gasteiger partial charge in [0.1, 0.15) is 0 Å². The van der Waals surface area contributed by atoms with Crippen molar-refractivity contribution in [1.82, 2.24) is 0 Å². The number of aliphatic imine (C=N–C) groups is 1. The first kappa shape index (κ1) is 19.3. The van der Waals surface area contributed by atoms with Crippen molar-refractivity contribution in [2.45, 2.75) is 52.0 Å². The van der Waals surface area contributed by atoms with Crippen LogP contribution in [0.4, 0.5) is 11.4 Å². The van der Waals surface area contributed by atoms with Gasteiger partial charge in [-0.25, -0.2) is 0 Å². The van der Waals surface area contributed by atoms with E-state index in [9.17, 15) is 0 Å². The van der Waals surface area contributed by atoms with Crippen LogP contribution in [-0.2, 0) is 0 Å². The summed E-state index contributed by atoms with van der Waals surface area (Å²) in [7, 11) is 0. The number of fused-ring (bicyclic) bond motifs is 1. The highest BCUT2D eigenvalue weighted by Crippen LogP contribution is 2.43. The highest BCUT2D eigenvalue weighted by Gasteiger charge is 2.35. The van der Waals surface area contributed by atoms with Crippen molar-refractivity contribution >= 4 is 40.8 Å². The van der Waals surface area contributed by atoms with E-state index in [4.69, 9.17) is 23.2 Å². The summed E-state index contributed by atoms with van der Waals surface area (Å²) in [5.74, 6) is 0.524. The van der Waals surface area contributed by atoms with Crippen LogP contribution in [0, 0.1) is 0 Å². The van der Waals surface area contributed by atoms with Crippen molar-refractivity contribution in [3.05, 3.63) is 57.6 Å². The lowest BCUT2D eigenvalue weighted by atomic mass is 9.79. The molecule has 1 aliphatic heterocycles. The zero-order valence-corrected chi connectivity index (χ0v) is 17.4. The van der Waals surface area contributed by atoms with Gasteiger partial charge in [0.15, 0.2) is 0 Å². The molecule has 0 bridgehead atoms. The normalized spacial score (nSPS) is 19.0. The number of benzene rings is 2. The Bertz CT molecular complexity index is 827. The minimum Gasteiger partial charge on any atom is -0.366 e. The van der Waals surface area contributed by atoms with Gasteiger partial charge in [-0.15, -0.1) is 0 Å². The van der Waals surface area contributed by atoms with Crippen molar-refractivity contribution in [2.24, 2.45) is 4.99 Å². The van der Waals surface area contributed by atoms with Gasteiger partial charge in [0, 0.05) is 24.0 Å². The van der Waals surface area contributed by atoms with Crippen molar-refractivity contribution in [3.63, 3.8) is 0 Å². The van der Waals surface area contributed by atoms with Crippen LogP contribution >= 0.6 is 23.2 Å². The Morgan fingerprint density at radius 2 is 2.00 bits per heavy atom. The number of anilines is 1. The summed E-state index contributed by atoms with van der Waals surface area (Å²) in [6.07, 6.45) is 4.17. The summed E-state index contributed by atoms with van der Waals surface area (Å²) < 4.78 is 0. The van der Waals surface area contributed by atoms with Gasteiger partial charge in [0.05, 0.1) is 15.7 Å². The van der Waals surface area contributed by atoms with E-state index in [-0.39, 0.29) is 5.54 Å². The summed E-state index contributed by atoms with van der Waals surface area (Å²) >= 11 is 12.3. The third-order valence-electron chi connectivity index (χ3n) is 5.14. The van der Waals surface area contributed by atoms with Crippen LogP contribution in [-0.4, -0.2) is 18.3 Å². The third-order valence-corrected chi connectivity index (χ3v) is 5.95. The first-order chi connectivity index (χ1) is 12.3. The molecule has 0 amide bonds. The zero-order chi connectivity index (χ0) is 18.9. The number of rotatable bonds is 4. The van der Waals surface area contributed by atoms with Crippen LogP contribution in [0.15, 0.2) is 41.4 Å². The Labute approximate surface area is 166 Å². The number of nitrogens with zero attached hydrogens (tertiary/aromatic N) is 2. The molecule has 0 spiro atoms. The molecule has 0 aliphatic carbocycles. The summed E-state index contributed by atoms with van der Waals surface area (Å²) in [6, 6.07) is 12.1. The minimum absolute atomic E-state index is 0.187. The lowest BCUT2D eigenvalue weighted by Crippen LogP contribution is -2.48. The molecule has 138 valence electrons. The fourth-order valence-corrected chi connectivity index (χ4v) is 4.32. The SMILES string of the molecule is CCCN1c2ccc(C=Nc3cccc(Cl)c3Cl)cc2C(C)CC1(C)C. The highest BCUT2D eigenvalue weighted by molar-refractivity contribution is 6.43. The average molecular weight is 389 g/mol. The van der Waals surface area contributed by atoms with Crippen LogP contribution in [0.25, 0.3) is 0 Å². The van der Waals surface area contributed by atoms with E-state index < -0.39 is 0 Å². The molecule has 2 aromatic rings. The van der Waals surface area contributed by atoms with E-state index in [0.717, 1.165) is 24.9 Å². The van der Waals surface area contributed by atoms with Crippen LogP contribution in [0.1, 0.15) is 57.6 Å². The molecule has 0 aromatic heterocycles. The molecule has 0 saturated carbocycles. The maximum Gasteiger partial charge on any atom is 0.0848 e. The van der Waals surface area contributed by atoms with Gasteiger partial charge < -0.3 is 4.90 Å². The molecule has 0 N–H and O–H groups in total. The topological polar surface area (TPSA) is 15.6 Å². The zero-order valence-electron chi connectivity index (χ0n) is 15.9. The van der Waals surface area contributed by atoms with Crippen molar-refractivity contribution in [3.8, 4) is 0 Å². The molecular weight excluding hydrogens is 363 g/mol. The average Bonchev–Trinajstić information content (AvgIpc) is 2.59.